The number of hydrogen-bond donors (Lipinski definition) is 0. The van der Waals surface area contributed by atoms with E-state index in [0.29, 0.717) is 10.6 Å². The smallest absolute Gasteiger partial charge is 0.0992 e. The zero-order valence-electron chi connectivity index (χ0n) is 6.80. The van der Waals surface area contributed by atoms with Gasteiger partial charge in [-0.2, -0.15) is 5.26 Å². The molecule has 0 aliphatic rings. The molecule has 0 unspecified atom stereocenters. The molecule has 0 heterocycles. The number of halogens is 2. The molecule has 0 N–H and O–H groups in total. The first-order valence-corrected chi connectivity index (χ1v) is 5.19. The minimum Gasteiger partial charge on any atom is -0.192 e. The molecule has 1 aromatic rings. The number of benzene rings is 1. The molecular weight excluding hydrogens is 249 g/mol. The van der Waals surface area contributed by atoms with Gasteiger partial charge in [0, 0.05) is 10.4 Å². The van der Waals surface area contributed by atoms with Crippen LogP contribution in [0, 0.1) is 11.3 Å². The van der Waals surface area contributed by atoms with Crippen molar-refractivity contribution in [3.8, 4) is 6.07 Å². The maximum absolute atomic E-state index is 8.67. The predicted octanol–water partition coefficient (Wildman–Crippen LogP) is 3.62. The summed E-state index contributed by atoms with van der Waals surface area (Å²) < 4.78 is 0. The molecule has 0 bridgehead atoms. The molecule has 1 rings (SSSR count). The van der Waals surface area contributed by atoms with Gasteiger partial charge in [0.05, 0.1) is 11.6 Å². The van der Waals surface area contributed by atoms with Crippen LogP contribution in [0.5, 0.6) is 0 Å². The summed E-state index contributed by atoms with van der Waals surface area (Å²) in [6, 6.07) is 7.32. The van der Waals surface area contributed by atoms with Crippen LogP contribution in [0.2, 0.25) is 5.02 Å². The molecule has 3 heteroatoms. The molecule has 0 radical (unpaired) electrons. The maximum Gasteiger partial charge on any atom is 0.0992 e. The number of allylic oxidation sites excluding steroid dienone is 1. The van der Waals surface area contributed by atoms with Gasteiger partial charge in [0.1, 0.15) is 0 Å². The van der Waals surface area contributed by atoms with E-state index < -0.39 is 0 Å². The molecule has 1 nitrogen and oxygen atoms in total. The first-order valence-electron chi connectivity index (χ1n) is 3.69. The molecule has 0 saturated carbocycles. The monoisotopic (exact) mass is 255 g/mol. The average molecular weight is 257 g/mol. The van der Waals surface area contributed by atoms with Gasteiger partial charge < -0.3 is 0 Å². The summed E-state index contributed by atoms with van der Waals surface area (Å²) in [5.41, 5.74) is 1.53. The third-order valence-electron chi connectivity index (χ3n) is 1.45. The van der Waals surface area contributed by atoms with Gasteiger partial charge in [-0.15, -0.1) is 0 Å². The highest BCUT2D eigenvalue weighted by atomic mass is 79.9. The van der Waals surface area contributed by atoms with Crippen LogP contribution in [0.15, 0.2) is 24.3 Å². The molecule has 13 heavy (non-hydrogen) atoms. The van der Waals surface area contributed by atoms with Crippen molar-refractivity contribution < 1.29 is 0 Å². The number of nitriles is 1. The zero-order valence-corrected chi connectivity index (χ0v) is 9.14. The molecule has 0 atom stereocenters. The van der Waals surface area contributed by atoms with E-state index in [1.807, 2.05) is 18.2 Å². The highest BCUT2D eigenvalue weighted by molar-refractivity contribution is 9.09. The Hall–Kier alpha value is -0.780. The molecule has 0 saturated heterocycles. The fraction of sp³-hybridized carbons (Fsp3) is 0.100. The Balaban J connectivity index is 3.03. The molecular formula is C10H7BrClN. The van der Waals surface area contributed by atoms with Gasteiger partial charge in [0.15, 0.2) is 0 Å². The largest absolute Gasteiger partial charge is 0.192 e. The average Bonchev–Trinajstić information content (AvgIpc) is 2.14. The highest BCUT2D eigenvalue weighted by Gasteiger charge is 1.95. The normalized spacial score (nSPS) is 10.2. The zero-order chi connectivity index (χ0) is 9.68. The standard InChI is InChI=1S/C10H7BrClN/c11-3-1-2-8-4-9(7-13)6-10(12)5-8/h1-2,4-6H,3H2. The third-order valence-corrected chi connectivity index (χ3v) is 2.04. The van der Waals surface area contributed by atoms with Gasteiger partial charge in [-0.3, -0.25) is 0 Å². The van der Waals surface area contributed by atoms with E-state index in [9.17, 15) is 0 Å². The lowest BCUT2D eigenvalue weighted by Gasteiger charge is -1.95. The van der Waals surface area contributed by atoms with E-state index in [1.54, 1.807) is 12.1 Å². The maximum atomic E-state index is 8.67. The van der Waals surface area contributed by atoms with Crippen LogP contribution in [0.1, 0.15) is 11.1 Å². The van der Waals surface area contributed by atoms with Crippen LogP contribution < -0.4 is 0 Å². The minimum atomic E-state index is 0.585. The van der Waals surface area contributed by atoms with Gasteiger partial charge in [-0.05, 0) is 23.8 Å². The SMILES string of the molecule is N#Cc1cc(Cl)cc(C=CCBr)c1. The molecule has 0 aliphatic carbocycles. The topological polar surface area (TPSA) is 23.8 Å². The fourth-order valence-electron chi connectivity index (χ4n) is 0.954. The summed E-state index contributed by atoms with van der Waals surface area (Å²) in [6.45, 7) is 0. The first kappa shape index (κ1) is 10.3. The van der Waals surface area contributed by atoms with Gasteiger partial charge in [0.25, 0.3) is 0 Å². The first-order chi connectivity index (χ1) is 6.26. The molecule has 0 spiro atoms. The predicted molar refractivity (Wildman–Crippen MR) is 59.0 cm³/mol. The second-order valence-electron chi connectivity index (χ2n) is 2.44. The summed E-state index contributed by atoms with van der Waals surface area (Å²) in [6.07, 6.45) is 3.87. The summed E-state index contributed by atoms with van der Waals surface area (Å²) in [7, 11) is 0. The summed E-state index contributed by atoms with van der Waals surface area (Å²) in [5.74, 6) is 0. The lowest BCUT2D eigenvalue weighted by Crippen LogP contribution is -1.78. The van der Waals surface area contributed by atoms with E-state index in [-0.39, 0.29) is 0 Å². The summed E-state index contributed by atoms with van der Waals surface area (Å²) in [5, 5.41) is 10.1. The number of hydrogen-bond acceptors (Lipinski definition) is 1. The summed E-state index contributed by atoms with van der Waals surface area (Å²) in [4.78, 5) is 0. The van der Waals surface area contributed by atoms with E-state index in [2.05, 4.69) is 22.0 Å². The Morgan fingerprint density at radius 3 is 2.85 bits per heavy atom. The number of nitrogens with zero attached hydrogens (tertiary/aromatic N) is 1. The van der Waals surface area contributed by atoms with Crippen LogP contribution in [-0.2, 0) is 0 Å². The van der Waals surface area contributed by atoms with Gasteiger partial charge in [-0.25, -0.2) is 0 Å². The fourth-order valence-corrected chi connectivity index (χ4v) is 1.38. The Morgan fingerprint density at radius 2 is 2.23 bits per heavy atom. The van der Waals surface area contributed by atoms with Crippen molar-refractivity contribution in [2.75, 3.05) is 5.33 Å². The van der Waals surface area contributed by atoms with Crippen molar-refractivity contribution in [1.29, 1.82) is 5.26 Å². The molecule has 0 amide bonds. The van der Waals surface area contributed by atoms with Crippen molar-refractivity contribution >= 4 is 33.6 Å². The minimum absolute atomic E-state index is 0.585. The van der Waals surface area contributed by atoms with E-state index in [4.69, 9.17) is 16.9 Å². The highest BCUT2D eigenvalue weighted by Crippen LogP contribution is 2.15. The Morgan fingerprint density at radius 1 is 1.46 bits per heavy atom. The van der Waals surface area contributed by atoms with Crippen molar-refractivity contribution in [2.24, 2.45) is 0 Å². The van der Waals surface area contributed by atoms with Crippen LogP contribution in [0.3, 0.4) is 0 Å². The molecule has 0 aromatic heterocycles. The third kappa shape index (κ3) is 3.22. The number of alkyl halides is 1. The van der Waals surface area contributed by atoms with E-state index >= 15 is 0 Å². The molecule has 66 valence electrons. The van der Waals surface area contributed by atoms with E-state index in [1.165, 1.54) is 0 Å². The Labute approximate surface area is 90.8 Å². The van der Waals surface area contributed by atoms with Crippen LogP contribution >= 0.6 is 27.5 Å². The molecule has 0 aliphatic heterocycles. The van der Waals surface area contributed by atoms with Crippen molar-refractivity contribution in [1.82, 2.24) is 0 Å². The van der Waals surface area contributed by atoms with Crippen LogP contribution in [0.4, 0.5) is 0 Å². The lowest BCUT2D eigenvalue weighted by molar-refractivity contribution is 1.48. The van der Waals surface area contributed by atoms with E-state index in [0.717, 1.165) is 10.9 Å². The lowest BCUT2D eigenvalue weighted by atomic mass is 10.1. The van der Waals surface area contributed by atoms with Gasteiger partial charge in [-0.1, -0.05) is 39.7 Å². The number of rotatable bonds is 2. The summed E-state index contributed by atoms with van der Waals surface area (Å²) >= 11 is 9.09. The second kappa shape index (κ2) is 5.06. The van der Waals surface area contributed by atoms with Gasteiger partial charge >= 0.3 is 0 Å². The Kier molecular flexibility index (Phi) is 4.01. The second-order valence-corrected chi connectivity index (χ2v) is 3.53. The molecule has 1 aromatic carbocycles. The van der Waals surface area contributed by atoms with Crippen LogP contribution in [0.25, 0.3) is 6.08 Å². The van der Waals surface area contributed by atoms with Gasteiger partial charge in [0.2, 0.25) is 0 Å². The van der Waals surface area contributed by atoms with Crippen molar-refractivity contribution in [2.45, 2.75) is 0 Å². The van der Waals surface area contributed by atoms with Crippen molar-refractivity contribution in [3.05, 3.63) is 40.4 Å². The quantitative estimate of drug-likeness (QED) is 0.742. The molecule has 0 fully saturated rings. The van der Waals surface area contributed by atoms with Crippen molar-refractivity contribution in [3.63, 3.8) is 0 Å². The van der Waals surface area contributed by atoms with Crippen LogP contribution in [-0.4, -0.2) is 5.33 Å². The Bertz CT molecular complexity index is 366.